The van der Waals surface area contributed by atoms with Crippen LogP contribution in [-0.2, 0) is 4.79 Å². The quantitative estimate of drug-likeness (QED) is 0.802. The van der Waals surface area contributed by atoms with Gasteiger partial charge in [0.05, 0.1) is 11.9 Å². The summed E-state index contributed by atoms with van der Waals surface area (Å²) in [6, 6.07) is 3.67. The van der Waals surface area contributed by atoms with Crippen molar-refractivity contribution in [2.45, 2.75) is 13.3 Å². The lowest BCUT2D eigenvalue weighted by molar-refractivity contribution is -0.119. The first-order valence-corrected chi connectivity index (χ1v) is 5.01. The number of pyridine rings is 1. The molecule has 0 spiro atoms. The van der Waals surface area contributed by atoms with E-state index >= 15 is 0 Å². The fraction of sp³-hybridized carbons (Fsp3) is 0.455. The van der Waals surface area contributed by atoms with E-state index in [0.29, 0.717) is 13.0 Å². The van der Waals surface area contributed by atoms with Crippen molar-refractivity contribution in [1.82, 2.24) is 4.98 Å². The molecule has 15 heavy (non-hydrogen) atoms. The molecule has 0 aliphatic carbocycles. The molecule has 1 rings (SSSR count). The summed E-state index contributed by atoms with van der Waals surface area (Å²) in [7, 11) is 1.75. The summed E-state index contributed by atoms with van der Waals surface area (Å²) in [6.07, 6.45) is 3.83. The number of nitrogens with two attached hydrogens (primary N) is 1. The summed E-state index contributed by atoms with van der Waals surface area (Å²) in [4.78, 5) is 17.3. The molecule has 4 nitrogen and oxygen atoms in total. The summed E-state index contributed by atoms with van der Waals surface area (Å²) in [5.41, 5.74) is 6.29. The maximum absolute atomic E-state index is 11.8. The molecule has 1 heterocycles. The topological polar surface area (TPSA) is 59.2 Å². The van der Waals surface area contributed by atoms with Gasteiger partial charge in [0, 0.05) is 19.7 Å². The Kier molecular flexibility index (Phi) is 4.24. The van der Waals surface area contributed by atoms with E-state index in [1.807, 2.05) is 19.1 Å². The van der Waals surface area contributed by atoms with Crippen molar-refractivity contribution in [2.75, 3.05) is 18.5 Å². The highest BCUT2D eigenvalue weighted by Gasteiger charge is 2.13. The number of anilines is 1. The molecular weight excluding hydrogens is 190 g/mol. The lowest BCUT2D eigenvalue weighted by atomic mass is 10.1. The Balaban J connectivity index is 2.61. The minimum atomic E-state index is 0.0703. The van der Waals surface area contributed by atoms with Crippen LogP contribution in [-0.4, -0.2) is 24.5 Å². The van der Waals surface area contributed by atoms with Gasteiger partial charge in [-0.15, -0.1) is 0 Å². The van der Waals surface area contributed by atoms with E-state index < -0.39 is 0 Å². The van der Waals surface area contributed by atoms with Crippen LogP contribution in [0.4, 0.5) is 5.69 Å². The van der Waals surface area contributed by atoms with Crippen molar-refractivity contribution in [3.63, 3.8) is 0 Å². The Morgan fingerprint density at radius 2 is 2.40 bits per heavy atom. The molecule has 0 aliphatic heterocycles. The fourth-order valence-corrected chi connectivity index (χ4v) is 1.21. The smallest absolute Gasteiger partial charge is 0.227 e. The van der Waals surface area contributed by atoms with Crippen molar-refractivity contribution < 1.29 is 4.79 Å². The van der Waals surface area contributed by atoms with Crippen LogP contribution in [0.1, 0.15) is 13.3 Å². The van der Waals surface area contributed by atoms with Gasteiger partial charge in [0.1, 0.15) is 0 Å². The molecule has 0 radical (unpaired) electrons. The van der Waals surface area contributed by atoms with E-state index in [0.717, 1.165) is 5.69 Å². The van der Waals surface area contributed by atoms with Crippen LogP contribution in [0.15, 0.2) is 24.5 Å². The monoisotopic (exact) mass is 207 g/mol. The molecule has 1 aromatic heterocycles. The number of carbonyl (C=O) groups excluding carboxylic acids is 1. The van der Waals surface area contributed by atoms with Crippen molar-refractivity contribution in [1.29, 1.82) is 0 Å². The second-order valence-corrected chi connectivity index (χ2v) is 3.71. The van der Waals surface area contributed by atoms with Crippen molar-refractivity contribution in [2.24, 2.45) is 11.7 Å². The van der Waals surface area contributed by atoms with E-state index in [1.165, 1.54) is 0 Å². The fourth-order valence-electron chi connectivity index (χ4n) is 1.21. The van der Waals surface area contributed by atoms with Crippen LogP contribution in [0, 0.1) is 5.92 Å². The molecule has 0 saturated heterocycles. The maximum Gasteiger partial charge on any atom is 0.227 e. The molecule has 1 amide bonds. The lowest BCUT2D eigenvalue weighted by Gasteiger charge is -2.18. The van der Waals surface area contributed by atoms with Crippen molar-refractivity contribution >= 4 is 11.6 Å². The summed E-state index contributed by atoms with van der Waals surface area (Å²) in [5.74, 6) is 0.289. The molecule has 0 fully saturated rings. The van der Waals surface area contributed by atoms with Gasteiger partial charge in [0.2, 0.25) is 5.91 Å². The van der Waals surface area contributed by atoms with Crippen LogP contribution in [0.2, 0.25) is 0 Å². The Morgan fingerprint density at radius 3 is 2.93 bits per heavy atom. The van der Waals surface area contributed by atoms with Crippen LogP contribution >= 0.6 is 0 Å². The van der Waals surface area contributed by atoms with E-state index in [9.17, 15) is 4.79 Å². The molecule has 0 aromatic carbocycles. The Bertz CT molecular complexity index is 313. The Labute approximate surface area is 90.1 Å². The second-order valence-electron chi connectivity index (χ2n) is 3.71. The molecule has 0 bridgehead atoms. The summed E-state index contributed by atoms with van der Waals surface area (Å²) < 4.78 is 0. The Morgan fingerprint density at radius 1 is 1.67 bits per heavy atom. The average Bonchev–Trinajstić information content (AvgIpc) is 2.29. The third kappa shape index (κ3) is 3.32. The molecule has 1 unspecified atom stereocenters. The van der Waals surface area contributed by atoms with Crippen LogP contribution in [0.3, 0.4) is 0 Å². The number of amides is 1. The van der Waals surface area contributed by atoms with E-state index in [2.05, 4.69) is 4.98 Å². The highest BCUT2D eigenvalue weighted by Crippen LogP contribution is 2.12. The highest BCUT2D eigenvalue weighted by molar-refractivity contribution is 5.92. The molecule has 0 aliphatic rings. The number of aromatic nitrogens is 1. The molecule has 82 valence electrons. The molecule has 1 atom stereocenters. The van der Waals surface area contributed by atoms with Gasteiger partial charge in [-0.1, -0.05) is 6.92 Å². The van der Waals surface area contributed by atoms with Gasteiger partial charge >= 0.3 is 0 Å². The molecule has 2 N–H and O–H groups in total. The average molecular weight is 207 g/mol. The molecule has 0 saturated carbocycles. The first-order chi connectivity index (χ1) is 7.15. The van der Waals surface area contributed by atoms with Gasteiger partial charge < -0.3 is 10.6 Å². The van der Waals surface area contributed by atoms with Crippen molar-refractivity contribution in [3.05, 3.63) is 24.5 Å². The largest absolute Gasteiger partial charge is 0.330 e. The van der Waals surface area contributed by atoms with Gasteiger partial charge in [0.15, 0.2) is 0 Å². The van der Waals surface area contributed by atoms with E-state index in [4.69, 9.17) is 5.73 Å². The predicted octanol–water partition coefficient (Wildman–Crippen LogP) is 1.03. The van der Waals surface area contributed by atoms with Crippen molar-refractivity contribution in [3.8, 4) is 0 Å². The van der Waals surface area contributed by atoms with Crippen LogP contribution in [0.25, 0.3) is 0 Å². The van der Waals surface area contributed by atoms with Gasteiger partial charge in [0.25, 0.3) is 0 Å². The Hall–Kier alpha value is -1.42. The zero-order valence-electron chi connectivity index (χ0n) is 9.18. The number of carbonyl (C=O) groups is 1. The van der Waals surface area contributed by atoms with Crippen LogP contribution in [0.5, 0.6) is 0 Å². The molecule has 4 heteroatoms. The number of hydrogen-bond acceptors (Lipinski definition) is 3. The number of rotatable bonds is 4. The summed E-state index contributed by atoms with van der Waals surface area (Å²) in [6.45, 7) is 2.50. The minimum Gasteiger partial charge on any atom is -0.330 e. The normalized spacial score (nSPS) is 12.2. The number of hydrogen-bond donors (Lipinski definition) is 1. The number of nitrogens with zero attached hydrogens (tertiary/aromatic N) is 2. The summed E-state index contributed by atoms with van der Waals surface area (Å²) in [5, 5.41) is 0. The lowest BCUT2D eigenvalue weighted by Crippen LogP contribution is -2.29. The third-order valence-electron chi connectivity index (χ3n) is 2.33. The summed E-state index contributed by atoms with van der Waals surface area (Å²) >= 11 is 0. The van der Waals surface area contributed by atoms with Gasteiger partial charge in [-0.05, 0) is 24.6 Å². The van der Waals surface area contributed by atoms with Gasteiger partial charge in [-0.2, -0.15) is 0 Å². The first kappa shape index (κ1) is 11.7. The predicted molar refractivity (Wildman–Crippen MR) is 60.5 cm³/mol. The molecule has 1 aromatic rings. The van der Waals surface area contributed by atoms with Gasteiger partial charge in [-0.25, -0.2) is 0 Å². The highest BCUT2D eigenvalue weighted by atomic mass is 16.2. The van der Waals surface area contributed by atoms with Gasteiger partial charge in [-0.3, -0.25) is 9.78 Å². The standard InChI is InChI=1S/C11H17N3O/c1-9(7-12)6-11(15)14(2)10-4-3-5-13-8-10/h3-5,8-9H,6-7,12H2,1-2H3. The van der Waals surface area contributed by atoms with Crippen LogP contribution < -0.4 is 10.6 Å². The minimum absolute atomic E-state index is 0.0703. The zero-order valence-corrected chi connectivity index (χ0v) is 9.18. The third-order valence-corrected chi connectivity index (χ3v) is 2.33. The maximum atomic E-state index is 11.8. The first-order valence-electron chi connectivity index (χ1n) is 5.01. The van der Waals surface area contributed by atoms with E-state index in [-0.39, 0.29) is 11.8 Å². The zero-order chi connectivity index (χ0) is 11.3. The molecular formula is C11H17N3O. The SMILES string of the molecule is CC(CN)CC(=O)N(C)c1cccnc1. The van der Waals surface area contributed by atoms with E-state index in [1.54, 1.807) is 24.3 Å². The second kappa shape index (κ2) is 5.46.